The van der Waals surface area contributed by atoms with Crippen molar-refractivity contribution >= 4 is 5.78 Å². The van der Waals surface area contributed by atoms with Gasteiger partial charge in [0.1, 0.15) is 6.26 Å². The number of Topliss-reactive ketones (excluding diaryl/α,β-unsaturated/α-hetero) is 1. The maximum atomic E-state index is 11.8. The van der Waals surface area contributed by atoms with E-state index in [-0.39, 0.29) is 5.78 Å². The van der Waals surface area contributed by atoms with E-state index in [2.05, 4.69) is 0 Å². The van der Waals surface area contributed by atoms with Crippen LogP contribution in [0.4, 0.5) is 0 Å². The number of ketones is 1. The molecule has 1 aromatic heterocycles. The molecule has 0 spiro atoms. The van der Waals surface area contributed by atoms with Gasteiger partial charge in [0, 0.05) is 0 Å². The molecule has 0 amide bonds. The molecule has 2 rings (SSSR count). The normalized spacial score (nSPS) is 12.3. The van der Waals surface area contributed by atoms with Crippen molar-refractivity contribution in [3.8, 4) is 0 Å². The molecule has 3 heteroatoms. The first-order valence-electron chi connectivity index (χ1n) is 5.13. The molecule has 2 aromatic rings. The minimum atomic E-state index is -0.514. The molecule has 2 N–H and O–H groups in total. The van der Waals surface area contributed by atoms with Crippen molar-refractivity contribution in [1.29, 1.82) is 0 Å². The summed E-state index contributed by atoms with van der Waals surface area (Å²) in [5.74, 6) is -0.0856. The standard InChI is InChI=1S/C13H13NO2/c14-12(8-10-4-2-1-3-5-10)13(15)11-6-7-16-9-11/h1-7,9,12H,8,14H2. The average molecular weight is 215 g/mol. The lowest BCUT2D eigenvalue weighted by Gasteiger charge is -2.08. The zero-order valence-electron chi connectivity index (χ0n) is 8.80. The predicted octanol–water partition coefficient (Wildman–Crippen LogP) is 2.03. The molecule has 0 saturated heterocycles. The summed E-state index contributed by atoms with van der Waals surface area (Å²) in [4.78, 5) is 11.8. The summed E-state index contributed by atoms with van der Waals surface area (Å²) in [6.45, 7) is 0. The minimum absolute atomic E-state index is 0.0856. The van der Waals surface area contributed by atoms with Crippen LogP contribution in [0.2, 0.25) is 0 Å². The minimum Gasteiger partial charge on any atom is -0.472 e. The molecular weight excluding hydrogens is 202 g/mol. The Bertz CT molecular complexity index is 448. The van der Waals surface area contributed by atoms with Gasteiger partial charge in [0.05, 0.1) is 17.9 Å². The Labute approximate surface area is 93.9 Å². The molecule has 16 heavy (non-hydrogen) atoms. The lowest BCUT2D eigenvalue weighted by atomic mass is 10.0. The third kappa shape index (κ3) is 2.38. The Morgan fingerprint density at radius 1 is 1.25 bits per heavy atom. The first-order valence-corrected chi connectivity index (χ1v) is 5.13. The maximum absolute atomic E-state index is 11.8. The van der Waals surface area contributed by atoms with E-state index in [9.17, 15) is 4.79 Å². The van der Waals surface area contributed by atoms with Gasteiger partial charge in [0.15, 0.2) is 5.78 Å². The second-order valence-electron chi connectivity index (χ2n) is 3.67. The van der Waals surface area contributed by atoms with Gasteiger partial charge in [-0.2, -0.15) is 0 Å². The number of carbonyl (C=O) groups excluding carboxylic acids is 1. The summed E-state index contributed by atoms with van der Waals surface area (Å²) in [5, 5.41) is 0. The Balaban J connectivity index is 2.04. The molecule has 0 bridgehead atoms. The van der Waals surface area contributed by atoms with Crippen molar-refractivity contribution in [2.75, 3.05) is 0 Å². The van der Waals surface area contributed by atoms with Crippen LogP contribution in [0.3, 0.4) is 0 Å². The lowest BCUT2D eigenvalue weighted by Crippen LogP contribution is -2.32. The second-order valence-corrected chi connectivity index (χ2v) is 3.67. The first-order chi connectivity index (χ1) is 7.77. The van der Waals surface area contributed by atoms with Crippen LogP contribution in [0.5, 0.6) is 0 Å². The van der Waals surface area contributed by atoms with Crippen LogP contribution in [0.25, 0.3) is 0 Å². The van der Waals surface area contributed by atoms with E-state index >= 15 is 0 Å². The maximum Gasteiger partial charge on any atom is 0.183 e. The van der Waals surface area contributed by atoms with Gasteiger partial charge in [-0.25, -0.2) is 0 Å². The SMILES string of the molecule is NC(Cc1ccccc1)C(=O)c1ccoc1. The van der Waals surface area contributed by atoms with E-state index < -0.39 is 6.04 Å². The topological polar surface area (TPSA) is 56.2 Å². The third-order valence-electron chi connectivity index (χ3n) is 2.44. The van der Waals surface area contributed by atoms with Crippen LogP contribution in [-0.4, -0.2) is 11.8 Å². The highest BCUT2D eigenvalue weighted by Gasteiger charge is 2.16. The molecule has 82 valence electrons. The average Bonchev–Trinajstić information content (AvgIpc) is 2.83. The number of hydrogen-bond acceptors (Lipinski definition) is 3. The fraction of sp³-hybridized carbons (Fsp3) is 0.154. The number of furan rings is 1. The van der Waals surface area contributed by atoms with Crippen LogP contribution in [-0.2, 0) is 6.42 Å². The Morgan fingerprint density at radius 2 is 2.00 bits per heavy atom. The molecule has 0 radical (unpaired) electrons. The van der Waals surface area contributed by atoms with Crippen molar-refractivity contribution < 1.29 is 9.21 Å². The van der Waals surface area contributed by atoms with Gasteiger partial charge in [0.2, 0.25) is 0 Å². The molecule has 0 aliphatic rings. The molecule has 0 fully saturated rings. The molecule has 1 aromatic carbocycles. The predicted molar refractivity (Wildman–Crippen MR) is 61.2 cm³/mol. The molecular formula is C13H13NO2. The summed E-state index contributed by atoms with van der Waals surface area (Å²) in [7, 11) is 0. The van der Waals surface area contributed by atoms with Crippen LogP contribution in [0.15, 0.2) is 53.3 Å². The van der Waals surface area contributed by atoms with E-state index in [0.29, 0.717) is 12.0 Å². The summed E-state index contributed by atoms with van der Waals surface area (Å²) in [5.41, 5.74) is 7.44. The summed E-state index contributed by atoms with van der Waals surface area (Å²) in [6.07, 6.45) is 3.44. The molecule has 0 saturated carbocycles. The molecule has 1 unspecified atom stereocenters. The van der Waals surface area contributed by atoms with E-state index in [1.807, 2.05) is 30.3 Å². The van der Waals surface area contributed by atoms with Gasteiger partial charge in [0.25, 0.3) is 0 Å². The van der Waals surface area contributed by atoms with Gasteiger partial charge in [-0.05, 0) is 18.1 Å². The fourth-order valence-electron chi connectivity index (χ4n) is 1.58. The monoisotopic (exact) mass is 215 g/mol. The van der Waals surface area contributed by atoms with Crippen molar-refractivity contribution in [3.05, 3.63) is 60.1 Å². The molecule has 3 nitrogen and oxygen atoms in total. The van der Waals surface area contributed by atoms with Gasteiger partial charge >= 0.3 is 0 Å². The number of nitrogens with two attached hydrogens (primary N) is 1. The smallest absolute Gasteiger partial charge is 0.183 e. The van der Waals surface area contributed by atoms with E-state index in [1.54, 1.807) is 6.07 Å². The first kappa shape index (κ1) is 10.6. The Morgan fingerprint density at radius 3 is 2.62 bits per heavy atom. The molecule has 1 heterocycles. The van der Waals surface area contributed by atoms with E-state index in [4.69, 9.17) is 10.2 Å². The van der Waals surface area contributed by atoms with Crippen LogP contribution in [0, 0.1) is 0 Å². The summed E-state index contributed by atoms with van der Waals surface area (Å²) >= 11 is 0. The molecule has 1 atom stereocenters. The zero-order chi connectivity index (χ0) is 11.4. The van der Waals surface area contributed by atoms with Crippen molar-refractivity contribution in [2.24, 2.45) is 5.73 Å². The second kappa shape index (κ2) is 4.77. The van der Waals surface area contributed by atoms with Gasteiger partial charge in [-0.1, -0.05) is 30.3 Å². The van der Waals surface area contributed by atoms with Crippen molar-refractivity contribution in [1.82, 2.24) is 0 Å². The number of hydrogen-bond donors (Lipinski definition) is 1. The quantitative estimate of drug-likeness (QED) is 0.794. The number of carbonyl (C=O) groups is 1. The van der Waals surface area contributed by atoms with Crippen LogP contribution < -0.4 is 5.73 Å². The number of rotatable bonds is 4. The van der Waals surface area contributed by atoms with Crippen molar-refractivity contribution in [2.45, 2.75) is 12.5 Å². The molecule has 0 aliphatic carbocycles. The number of benzene rings is 1. The summed E-state index contributed by atoms with van der Waals surface area (Å²) in [6, 6.07) is 10.8. The lowest BCUT2D eigenvalue weighted by molar-refractivity contribution is 0.0960. The van der Waals surface area contributed by atoms with Crippen molar-refractivity contribution in [3.63, 3.8) is 0 Å². The summed E-state index contributed by atoms with van der Waals surface area (Å²) < 4.78 is 4.86. The fourth-order valence-corrected chi connectivity index (χ4v) is 1.58. The van der Waals surface area contributed by atoms with Crippen LogP contribution >= 0.6 is 0 Å². The highest BCUT2D eigenvalue weighted by atomic mass is 16.3. The van der Waals surface area contributed by atoms with Gasteiger partial charge in [-0.15, -0.1) is 0 Å². The van der Waals surface area contributed by atoms with Gasteiger partial charge < -0.3 is 10.2 Å². The highest BCUT2D eigenvalue weighted by molar-refractivity contribution is 5.99. The molecule has 0 aliphatic heterocycles. The largest absolute Gasteiger partial charge is 0.472 e. The van der Waals surface area contributed by atoms with E-state index in [0.717, 1.165) is 5.56 Å². The Hall–Kier alpha value is -1.87. The Kier molecular flexibility index (Phi) is 3.17. The van der Waals surface area contributed by atoms with Gasteiger partial charge in [-0.3, -0.25) is 4.79 Å². The highest BCUT2D eigenvalue weighted by Crippen LogP contribution is 2.08. The van der Waals surface area contributed by atoms with E-state index in [1.165, 1.54) is 12.5 Å². The van der Waals surface area contributed by atoms with Crippen LogP contribution in [0.1, 0.15) is 15.9 Å². The third-order valence-corrected chi connectivity index (χ3v) is 2.44. The zero-order valence-corrected chi connectivity index (χ0v) is 8.80.